The molecular formula is C17H17ClO2S. The normalized spacial score (nSPS) is 10.4. The lowest BCUT2D eigenvalue weighted by Gasteiger charge is -2.10. The Hall–Kier alpha value is -1.45. The molecule has 110 valence electrons. The largest absolute Gasteiger partial charge is 0.496 e. The quantitative estimate of drug-likeness (QED) is 0.702. The van der Waals surface area contributed by atoms with Gasteiger partial charge >= 0.3 is 0 Å². The molecule has 2 aromatic carbocycles. The van der Waals surface area contributed by atoms with Gasteiger partial charge < -0.3 is 4.74 Å². The predicted molar refractivity (Wildman–Crippen MR) is 89.4 cm³/mol. The van der Waals surface area contributed by atoms with Gasteiger partial charge in [0, 0.05) is 27.7 Å². The minimum absolute atomic E-state index is 0.0709. The fourth-order valence-electron chi connectivity index (χ4n) is 1.97. The van der Waals surface area contributed by atoms with Crippen molar-refractivity contribution in [3.8, 4) is 5.75 Å². The van der Waals surface area contributed by atoms with Gasteiger partial charge in [-0.2, -0.15) is 11.8 Å². The van der Waals surface area contributed by atoms with E-state index in [1.807, 2.05) is 36.4 Å². The van der Waals surface area contributed by atoms with Gasteiger partial charge in [-0.3, -0.25) is 4.79 Å². The van der Waals surface area contributed by atoms with Crippen LogP contribution in [0.15, 0.2) is 42.5 Å². The first-order chi connectivity index (χ1) is 10.1. The van der Waals surface area contributed by atoms with E-state index < -0.39 is 0 Å². The fourth-order valence-corrected chi connectivity index (χ4v) is 3.07. The van der Waals surface area contributed by atoms with Crippen LogP contribution in [0.1, 0.15) is 28.4 Å². The zero-order valence-electron chi connectivity index (χ0n) is 12.1. The number of thioether (sulfide) groups is 1. The molecule has 2 nitrogen and oxygen atoms in total. The molecule has 0 bridgehead atoms. The van der Waals surface area contributed by atoms with Gasteiger partial charge in [0.2, 0.25) is 0 Å². The highest BCUT2D eigenvalue weighted by Crippen LogP contribution is 2.26. The summed E-state index contributed by atoms with van der Waals surface area (Å²) in [6, 6.07) is 13.4. The maximum absolute atomic E-state index is 11.5. The summed E-state index contributed by atoms with van der Waals surface area (Å²) in [5, 5.41) is 0.750. The molecule has 0 unspecified atom stereocenters. The third kappa shape index (κ3) is 4.51. The summed E-state index contributed by atoms with van der Waals surface area (Å²) in [5.74, 6) is 2.59. The molecule has 0 saturated carbocycles. The lowest BCUT2D eigenvalue weighted by molar-refractivity contribution is 0.101. The number of halogens is 1. The van der Waals surface area contributed by atoms with Gasteiger partial charge in [-0.25, -0.2) is 0 Å². The maximum Gasteiger partial charge on any atom is 0.159 e. The Balaban J connectivity index is 2.03. The molecule has 4 heteroatoms. The number of ether oxygens (including phenoxy) is 1. The summed E-state index contributed by atoms with van der Waals surface area (Å²) in [6.07, 6.45) is 0. The lowest BCUT2D eigenvalue weighted by atomic mass is 10.1. The van der Waals surface area contributed by atoms with Crippen molar-refractivity contribution in [1.29, 1.82) is 0 Å². The second-order valence-corrected chi connectivity index (χ2v) is 6.12. The Morgan fingerprint density at radius 2 is 1.86 bits per heavy atom. The molecule has 0 aliphatic heterocycles. The van der Waals surface area contributed by atoms with Crippen molar-refractivity contribution in [1.82, 2.24) is 0 Å². The van der Waals surface area contributed by atoms with Crippen LogP contribution in [0.3, 0.4) is 0 Å². The van der Waals surface area contributed by atoms with Crippen LogP contribution in [0.2, 0.25) is 5.02 Å². The Labute approximate surface area is 134 Å². The van der Waals surface area contributed by atoms with Crippen molar-refractivity contribution >= 4 is 29.1 Å². The second-order valence-electron chi connectivity index (χ2n) is 4.70. The molecule has 0 N–H and O–H groups in total. The zero-order chi connectivity index (χ0) is 15.2. The molecule has 0 atom stereocenters. The van der Waals surface area contributed by atoms with E-state index in [1.54, 1.807) is 31.9 Å². The molecular weight excluding hydrogens is 304 g/mol. The summed E-state index contributed by atoms with van der Waals surface area (Å²) in [4.78, 5) is 11.5. The molecule has 0 aliphatic carbocycles. The number of hydrogen-bond donors (Lipinski definition) is 0. The zero-order valence-corrected chi connectivity index (χ0v) is 13.6. The second kappa shape index (κ2) is 7.53. The van der Waals surface area contributed by atoms with Crippen LogP contribution in [0.5, 0.6) is 5.75 Å². The highest BCUT2D eigenvalue weighted by atomic mass is 35.5. The molecule has 0 radical (unpaired) electrons. The van der Waals surface area contributed by atoms with Gasteiger partial charge in [0.25, 0.3) is 0 Å². The van der Waals surface area contributed by atoms with E-state index in [-0.39, 0.29) is 5.78 Å². The van der Waals surface area contributed by atoms with Gasteiger partial charge in [0.15, 0.2) is 5.78 Å². The highest BCUT2D eigenvalue weighted by molar-refractivity contribution is 7.97. The summed E-state index contributed by atoms with van der Waals surface area (Å²) in [7, 11) is 1.65. The minimum atomic E-state index is 0.0709. The van der Waals surface area contributed by atoms with Crippen molar-refractivity contribution < 1.29 is 9.53 Å². The molecule has 0 heterocycles. The Bertz CT molecular complexity index is 623. The molecule has 0 saturated heterocycles. The van der Waals surface area contributed by atoms with Crippen LogP contribution in [0, 0.1) is 0 Å². The fraction of sp³-hybridized carbons (Fsp3) is 0.235. The van der Waals surface area contributed by atoms with Gasteiger partial charge in [0.05, 0.1) is 7.11 Å². The molecule has 0 fully saturated rings. The first kappa shape index (κ1) is 15.9. The van der Waals surface area contributed by atoms with Crippen molar-refractivity contribution in [3.05, 3.63) is 64.2 Å². The van der Waals surface area contributed by atoms with Crippen LogP contribution in [-0.2, 0) is 11.5 Å². The van der Waals surface area contributed by atoms with Crippen LogP contribution in [0.4, 0.5) is 0 Å². The van der Waals surface area contributed by atoms with E-state index in [0.29, 0.717) is 0 Å². The first-order valence-electron chi connectivity index (χ1n) is 6.60. The molecule has 2 rings (SSSR count). The molecule has 21 heavy (non-hydrogen) atoms. The van der Waals surface area contributed by atoms with Gasteiger partial charge in [-0.1, -0.05) is 23.7 Å². The topological polar surface area (TPSA) is 26.3 Å². The van der Waals surface area contributed by atoms with E-state index in [0.717, 1.165) is 33.4 Å². The summed E-state index contributed by atoms with van der Waals surface area (Å²) < 4.78 is 5.36. The number of hydrogen-bond acceptors (Lipinski definition) is 3. The lowest BCUT2D eigenvalue weighted by Crippen LogP contribution is -1.97. The van der Waals surface area contributed by atoms with Crippen molar-refractivity contribution in [3.63, 3.8) is 0 Å². The summed E-state index contributed by atoms with van der Waals surface area (Å²) >= 11 is 7.65. The SMILES string of the molecule is COc1ccc(C(C)=O)cc1CSCc1ccc(Cl)cc1. The predicted octanol–water partition coefficient (Wildman–Crippen LogP) is 4.98. The monoisotopic (exact) mass is 320 g/mol. The van der Waals surface area contributed by atoms with Crippen molar-refractivity contribution in [2.75, 3.05) is 7.11 Å². The molecule has 0 amide bonds. The van der Waals surface area contributed by atoms with Crippen LogP contribution in [-0.4, -0.2) is 12.9 Å². The van der Waals surface area contributed by atoms with E-state index in [2.05, 4.69) is 0 Å². The summed E-state index contributed by atoms with van der Waals surface area (Å²) in [5.41, 5.74) is 2.99. The standard InChI is InChI=1S/C17H17ClO2S/c1-12(19)14-5-8-17(20-2)15(9-14)11-21-10-13-3-6-16(18)7-4-13/h3-9H,10-11H2,1-2H3. The Morgan fingerprint density at radius 3 is 2.48 bits per heavy atom. The molecule has 0 aliphatic rings. The smallest absolute Gasteiger partial charge is 0.159 e. The maximum atomic E-state index is 11.5. The average Bonchev–Trinajstić information content (AvgIpc) is 2.49. The van der Waals surface area contributed by atoms with E-state index >= 15 is 0 Å². The summed E-state index contributed by atoms with van der Waals surface area (Å²) in [6.45, 7) is 1.58. The number of rotatable bonds is 6. The van der Waals surface area contributed by atoms with Crippen molar-refractivity contribution in [2.45, 2.75) is 18.4 Å². The van der Waals surface area contributed by atoms with Crippen LogP contribution in [0.25, 0.3) is 0 Å². The van der Waals surface area contributed by atoms with E-state index in [4.69, 9.17) is 16.3 Å². The number of methoxy groups -OCH3 is 1. The van der Waals surface area contributed by atoms with Gasteiger partial charge in [-0.15, -0.1) is 0 Å². The third-order valence-electron chi connectivity index (χ3n) is 3.13. The number of Topliss-reactive ketones (excluding diaryl/α,β-unsaturated/α-hetero) is 1. The average molecular weight is 321 g/mol. The van der Waals surface area contributed by atoms with Crippen LogP contribution >= 0.6 is 23.4 Å². The van der Waals surface area contributed by atoms with E-state index in [1.165, 1.54) is 5.56 Å². The molecule has 2 aromatic rings. The molecule has 0 aromatic heterocycles. The van der Waals surface area contributed by atoms with Crippen molar-refractivity contribution in [2.24, 2.45) is 0 Å². The highest BCUT2D eigenvalue weighted by Gasteiger charge is 2.07. The number of carbonyl (C=O) groups excluding carboxylic acids is 1. The van der Waals surface area contributed by atoms with Gasteiger partial charge in [-0.05, 0) is 42.8 Å². The minimum Gasteiger partial charge on any atom is -0.496 e. The number of ketones is 1. The number of benzene rings is 2. The first-order valence-corrected chi connectivity index (χ1v) is 8.13. The number of carbonyl (C=O) groups is 1. The van der Waals surface area contributed by atoms with E-state index in [9.17, 15) is 4.79 Å². The van der Waals surface area contributed by atoms with Gasteiger partial charge in [0.1, 0.15) is 5.75 Å². The Morgan fingerprint density at radius 1 is 1.14 bits per heavy atom. The third-order valence-corrected chi connectivity index (χ3v) is 4.43. The van der Waals surface area contributed by atoms with Crippen LogP contribution < -0.4 is 4.74 Å². The molecule has 0 spiro atoms. The Kier molecular flexibility index (Phi) is 5.71.